The lowest BCUT2D eigenvalue weighted by atomic mass is 10.00. The van der Waals surface area contributed by atoms with Crippen molar-refractivity contribution in [3.63, 3.8) is 0 Å². The molecular formula is C15H15NO2. The standard InChI is InChI=1S/C15H15NO2/c1-3-18-14-7-13(8-16-9-14)15-6-12(10-17)5-4-11(15)2/h4-10H,3H2,1-2H3. The van der Waals surface area contributed by atoms with E-state index in [1.54, 1.807) is 12.4 Å². The van der Waals surface area contributed by atoms with Crippen LogP contribution in [0.1, 0.15) is 22.8 Å². The molecule has 3 nitrogen and oxygen atoms in total. The van der Waals surface area contributed by atoms with Gasteiger partial charge in [-0.1, -0.05) is 12.1 Å². The molecule has 0 aliphatic heterocycles. The van der Waals surface area contributed by atoms with Gasteiger partial charge in [0.25, 0.3) is 0 Å². The van der Waals surface area contributed by atoms with Crippen LogP contribution in [-0.2, 0) is 0 Å². The van der Waals surface area contributed by atoms with E-state index in [2.05, 4.69) is 4.98 Å². The zero-order valence-corrected chi connectivity index (χ0v) is 10.5. The first-order chi connectivity index (χ1) is 8.74. The third-order valence-corrected chi connectivity index (χ3v) is 2.73. The second kappa shape index (κ2) is 5.45. The number of carbonyl (C=O) groups is 1. The molecule has 0 amide bonds. The van der Waals surface area contributed by atoms with Gasteiger partial charge in [0, 0.05) is 17.3 Å². The molecule has 2 rings (SSSR count). The summed E-state index contributed by atoms with van der Waals surface area (Å²) >= 11 is 0. The molecule has 0 spiro atoms. The number of aryl methyl sites for hydroxylation is 1. The molecule has 1 aromatic heterocycles. The van der Waals surface area contributed by atoms with Crippen molar-refractivity contribution < 1.29 is 9.53 Å². The van der Waals surface area contributed by atoms with Crippen molar-refractivity contribution in [2.24, 2.45) is 0 Å². The van der Waals surface area contributed by atoms with E-state index < -0.39 is 0 Å². The molecule has 18 heavy (non-hydrogen) atoms. The van der Waals surface area contributed by atoms with Crippen LogP contribution in [0.15, 0.2) is 36.7 Å². The van der Waals surface area contributed by atoms with E-state index in [4.69, 9.17) is 4.74 Å². The number of rotatable bonds is 4. The van der Waals surface area contributed by atoms with Gasteiger partial charge in [0.15, 0.2) is 0 Å². The van der Waals surface area contributed by atoms with E-state index in [0.29, 0.717) is 12.2 Å². The first kappa shape index (κ1) is 12.3. The maximum absolute atomic E-state index is 10.8. The van der Waals surface area contributed by atoms with Crippen LogP contribution < -0.4 is 4.74 Å². The molecule has 0 aliphatic rings. The molecule has 0 unspecified atom stereocenters. The van der Waals surface area contributed by atoms with Gasteiger partial charge in [0.05, 0.1) is 12.8 Å². The molecule has 0 atom stereocenters. The number of nitrogens with zero attached hydrogens (tertiary/aromatic N) is 1. The predicted octanol–water partition coefficient (Wildman–Crippen LogP) is 3.27. The quantitative estimate of drug-likeness (QED) is 0.771. The molecule has 0 aliphatic carbocycles. The Labute approximate surface area is 106 Å². The molecule has 1 aromatic carbocycles. The van der Waals surface area contributed by atoms with Gasteiger partial charge in [0.2, 0.25) is 0 Å². The molecule has 92 valence electrons. The Kier molecular flexibility index (Phi) is 3.72. The highest BCUT2D eigenvalue weighted by molar-refractivity contribution is 5.80. The van der Waals surface area contributed by atoms with E-state index in [1.165, 1.54) is 0 Å². The lowest BCUT2D eigenvalue weighted by Gasteiger charge is -2.08. The summed E-state index contributed by atoms with van der Waals surface area (Å²) in [7, 11) is 0. The van der Waals surface area contributed by atoms with Crippen molar-refractivity contribution in [3.8, 4) is 16.9 Å². The highest BCUT2D eigenvalue weighted by atomic mass is 16.5. The van der Waals surface area contributed by atoms with Crippen molar-refractivity contribution in [1.29, 1.82) is 0 Å². The third kappa shape index (κ3) is 2.56. The van der Waals surface area contributed by atoms with Crippen LogP contribution in [0.3, 0.4) is 0 Å². The largest absolute Gasteiger partial charge is 0.492 e. The van der Waals surface area contributed by atoms with Gasteiger partial charge >= 0.3 is 0 Å². The van der Waals surface area contributed by atoms with Crippen molar-refractivity contribution in [1.82, 2.24) is 4.98 Å². The van der Waals surface area contributed by atoms with Crippen LogP contribution in [0.4, 0.5) is 0 Å². The Hall–Kier alpha value is -2.16. The van der Waals surface area contributed by atoms with Gasteiger partial charge in [-0.2, -0.15) is 0 Å². The summed E-state index contributed by atoms with van der Waals surface area (Å²) < 4.78 is 5.43. The minimum absolute atomic E-state index is 0.610. The van der Waals surface area contributed by atoms with Crippen molar-refractivity contribution in [3.05, 3.63) is 47.8 Å². The maximum Gasteiger partial charge on any atom is 0.150 e. The van der Waals surface area contributed by atoms with E-state index in [9.17, 15) is 4.79 Å². The second-order valence-corrected chi connectivity index (χ2v) is 4.03. The number of aldehydes is 1. The molecule has 0 saturated heterocycles. The van der Waals surface area contributed by atoms with Crippen LogP contribution >= 0.6 is 0 Å². The highest BCUT2D eigenvalue weighted by Crippen LogP contribution is 2.26. The number of benzene rings is 1. The fourth-order valence-corrected chi connectivity index (χ4v) is 1.84. The third-order valence-electron chi connectivity index (χ3n) is 2.73. The van der Waals surface area contributed by atoms with Gasteiger partial charge in [-0.05, 0) is 37.1 Å². The summed E-state index contributed by atoms with van der Waals surface area (Å²) in [6.45, 7) is 4.56. The van der Waals surface area contributed by atoms with E-state index in [-0.39, 0.29) is 0 Å². The predicted molar refractivity (Wildman–Crippen MR) is 71.0 cm³/mol. The Balaban J connectivity index is 2.47. The van der Waals surface area contributed by atoms with Crippen LogP contribution in [-0.4, -0.2) is 17.9 Å². The van der Waals surface area contributed by atoms with Crippen LogP contribution in [0.2, 0.25) is 0 Å². The Bertz CT molecular complexity index is 564. The zero-order chi connectivity index (χ0) is 13.0. The Morgan fingerprint density at radius 1 is 1.28 bits per heavy atom. The van der Waals surface area contributed by atoms with Crippen molar-refractivity contribution >= 4 is 6.29 Å². The number of hydrogen-bond acceptors (Lipinski definition) is 3. The van der Waals surface area contributed by atoms with Gasteiger partial charge in [-0.3, -0.25) is 9.78 Å². The summed E-state index contributed by atoms with van der Waals surface area (Å²) in [6, 6.07) is 7.56. The topological polar surface area (TPSA) is 39.2 Å². The smallest absolute Gasteiger partial charge is 0.150 e. The molecule has 0 saturated carbocycles. The number of ether oxygens (including phenoxy) is 1. The number of hydrogen-bond donors (Lipinski definition) is 0. The fourth-order valence-electron chi connectivity index (χ4n) is 1.84. The Morgan fingerprint density at radius 2 is 2.11 bits per heavy atom. The number of pyridine rings is 1. The summed E-state index contributed by atoms with van der Waals surface area (Å²) in [4.78, 5) is 15.0. The molecule has 0 bridgehead atoms. The van der Waals surface area contributed by atoms with Crippen LogP contribution in [0.5, 0.6) is 5.75 Å². The van der Waals surface area contributed by atoms with E-state index in [0.717, 1.165) is 28.7 Å². The lowest BCUT2D eigenvalue weighted by Crippen LogP contribution is -1.93. The average molecular weight is 241 g/mol. The summed E-state index contributed by atoms with van der Waals surface area (Å²) in [5.41, 5.74) is 3.74. The summed E-state index contributed by atoms with van der Waals surface area (Å²) in [5.74, 6) is 0.742. The average Bonchev–Trinajstić information content (AvgIpc) is 2.40. The summed E-state index contributed by atoms with van der Waals surface area (Å²) in [5, 5.41) is 0. The zero-order valence-electron chi connectivity index (χ0n) is 10.5. The molecule has 2 aromatic rings. The molecule has 3 heteroatoms. The monoisotopic (exact) mass is 241 g/mol. The first-order valence-corrected chi connectivity index (χ1v) is 5.88. The van der Waals surface area contributed by atoms with Gasteiger partial charge in [0.1, 0.15) is 12.0 Å². The second-order valence-electron chi connectivity index (χ2n) is 4.03. The number of carbonyl (C=O) groups excluding carboxylic acids is 1. The van der Waals surface area contributed by atoms with Gasteiger partial charge < -0.3 is 4.74 Å². The summed E-state index contributed by atoms with van der Waals surface area (Å²) in [6.07, 6.45) is 4.31. The molecule has 0 N–H and O–H groups in total. The highest BCUT2D eigenvalue weighted by Gasteiger charge is 2.05. The van der Waals surface area contributed by atoms with Crippen molar-refractivity contribution in [2.75, 3.05) is 6.61 Å². The molecular weight excluding hydrogens is 226 g/mol. The minimum atomic E-state index is 0.610. The fraction of sp³-hybridized carbons (Fsp3) is 0.200. The van der Waals surface area contributed by atoms with E-state index in [1.807, 2.05) is 38.1 Å². The molecule has 1 heterocycles. The molecule has 0 radical (unpaired) electrons. The van der Waals surface area contributed by atoms with Gasteiger partial charge in [-0.15, -0.1) is 0 Å². The molecule has 0 fully saturated rings. The van der Waals surface area contributed by atoms with Crippen LogP contribution in [0.25, 0.3) is 11.1 Å². The number of aromatic nitrogens is 1. The maximum atomic E-state index is 10.8. The minimum Gasteiger partial charge on any atom is -0.492 e. The normalized spacial score (nSPS) is 10.1. The first-order valence-electron chi connectivity index (χ1n) is 5.88. The lowest BCUT2D eigenvalue weighted by molar-refractivity contribution is 0.112. The Morgan fingerprint density at radius 3 is 2.83 bits per heavy atom. The van der Waals surface area contributed by atoms with Gasteiger partial charge in [-0.25, -0.2) is 0 Å². The van der Waals surface area contributed by atoms with Crippen LogP contribution in [0, 0.1) is 6.92 Å². The SMILES string of the molecule is CCOc1cncc(-c2cc(C=O)ccc2C)c1. The van der Waals surface area contributed by atoms with Crippen molar-refractivity contribution in [2.45, 2.75) is 13.8 Å². The van der Waals surface area contributed by atoms with E-state index >= 15 is 0 Å².